The predicted molar refractivity (Wildman–Crippen MR) is 58.0 cm³/mol. The zero-order valence-electron chi connectivity index (χ0n) is 9.38. The van der Waals surface area contributed by atoms with E-state index in [1.807, 2.05) is 0 Å². The maximum atomic E-state index is 13.3. The number of halogens is 2. The highest BCUT2D eigenvalue weighted by atomic mass is 19.1. The number of hydrogen-bond acceptors (Lipinski definition) is 3. The number of carboxylic acid groups (broad SMARTS) is 1. The first-order valence-corrected chi connectivity index (χ1v) is 5.17. The fourth-order valence-electron chi connectivity index (χ4n) is 1.46. The van der Waals surface area contributed by atoms with Crippen LogP contribution in [0.1, 0.15) is 11.7 Å². The second-order valence-electron chi connectivity index (χ2n) is 3.63. The van der Waals surface area contributed by atoms with Gasteiger partial charge in [-0.3, -0.25) is 0 Å². The van der Waals surface area contributed by atoms with Gasteiger partial charge in [-0.15, -0.1) is 0 Å². The van der Waals surface area contributed by atoms with E-state index in [2.05, 4.69) is 0 Å². The van der Waals surface area contributed by atoms with E-state index in [1.54, 1.807) is 0 Å². The first-order chi connectivity index (χ1) is 8.45. The average Bonchev–Trinajstić information content (AvgIpc) is 2.27. The summed E-state index contributed by atoms with van der Waals surface area (Å²) in [5.41, 5.74) is -0.194. The Bertz CT molecular complexity index is 428. The quantitative estimate of drug-likeness (QED) is 0.737. The van der Waals surface area contributed by atoms with E-state index in [1.165, 1.54) is 0 Å². The fourth-order valence-corrected chi connectivity index (χ4v) is 1.46. The average molecular weight is 261 g/mol. The van der Waals surface area contributed by atoms with E-state index in [4.69, 9.17) is 10.2 Å². The van der Waals surface area contributed by atoms with Crippen molar-refractivity contribution in [3.8, 4) is 0 Å². The molecule has 1 aromatic rings. The van der Waals surface area contributed by atoms with Crippen molar-refractivity contribution in [1.29, 1.82) is 0 Å². The van der Waals surface area contributed by atoms with E-state index in [9.17, 15) is 18.7 Å². The Hall–Kier alpha value is -1.73. The second kappa shape index (κ2) is 6.27. The lowest BCUT2D eigenvalue weighted by atomic mass is 10.1. The van der Waals surface area contributed by atoms with Crippen molar-refractivity contribution in [2.45, 2.75) is 6.10 Å². The van der Waals surface area contributed by atoms with Crippen molar-refractivity contribution >= 4 is 6.09 Å². The van der Waals surface area contributed by atoms with Crippen molar-refractivity contribution < 1.29 is 28.9 Å². The Labute approximate surface area is 102 Å². The summed E-state index contributed by atoms with van der Waals surface area (Å²) >= 11 is 0. The van der Waals surface area contributed by atoms with Gasteiger partial charge < -0.3 is 20.2 Å². The SMILES string of the molecule is O=C(O)N(CCO)CC(O)c1ccc(F)cc1F. The zero-order chi connectivity index (χ0) is 13.7. The number of benzene rings is 1. The Kier molecular flexibility index (Phi) is 4.99. The molecule has 100 valence electrons. The molecular weight excluding hydrogens is 248 g/mol. The molecule has 0 saturated heterocycles. The molecule has 0 aliphatic carbocycles. The van der Waals surface area contributed by atoms with Crippen LogP contribution in [0.25, 0.3) is 0 Å². The monoisotopic (exact) mass is 261 g/mol. The molecule has 0 spiro atoms. The molecule has 1 unspecified atom stereocenters. The lowest BCUT2D eigenvalue weighted by molar-refractivity contribution is 0.0855. The first-order valence-electron chi connectivity index (χ1n) is 5.17. The Balaban J connectivity index is 2.80. The predicted octanol–water partition coefficient (Wildman–Crippen LogP) is 0.970. The van der Waals surface area contributed by atoms with Crippen LogP contribution in [0.3, 0.4) is 0 Å². The molecule has 0 bridgehead atoms. The molecular formula is C11H13F2NO4. The summed E-state index contributed by atoms with van der Waals surface area (Å²) < 4.78 is 26.0. The number of hydrogen-bond donors (Lipinski definition) is 3. The molecule has 0 aromatic heterocycles. The standard InChI is InChI=1S/C11H13F2NO4/c12-7-1-2-8(9(13)5-7)10(16)6-14(3-4-15)11(17)18/h1-2,5,10,15-16H,3-4,6H2,(H,17,18). The Morgan fingerprint density at radius 3 is 2.56 bits per heavy atom. The highest BCUT2D eigenvalue weighted by Crippen LogP contribution is 2.19. The van der Waals surface area contributed by atoms with Crippen LogP contribution in [-0.4, -0.2) is 46.0 Å². The van der Waals surface area contributed by atoms with Crippen molar-refractivity contribution in [1.82, 2.24) is 4.90 Å². The van der Waals surface area contributed by atoms with Gasteiger partial charge in [0.05, 0.1) is 19.3 Å². The van der Waals surface area contributed by atoms with Gasteiger partial charge in [-0.05, 0) is 6.07 Å². The molecule has 1 aromatic carbocycles. The molecule has 1 rings (SSSR count). The number of aliphatic hydroxyl groups excluding tert-OH is 2. The molecule has 18 heavy (non-hydrogen) atoms. The van der Waals surface area contributed by atoms with E-state index in [0.29, 0.717) is 6.07 Å². The smallest absolute Gasteiger partial charge is 0.407 e. The van der Waals surface area contributed by atoms with Gasteiger partial charge in [-0.1, -0.05) is 6.07 Å². The summed E-state index contributed by atoms with van der Waals surface area (Å²) in [5, 5.41) is 27.1. The van der Waals surface area contributed by atoms with Gasteiger partial charge >= 0.3 is 6.09 Å². The van der Waals surface area contributed by atoms with E-state index in [0.717, 1.165) is 17.0 Å². The third-order valence-corrected chi connectivity index (χ3v) is 2.36. The molecule has 5 nitrogen and oxygen atoms in total. The van der Waals surface area contributed by atoms with Crippen LogP contribution < -0.4 is 0 Å². The molecule has 0 heterocycles. The highest BCUT2D eigenvalue weighted by molar-refractivity contribution is 5.65. The lowest BCUT2D eigenvalue weighted by Gasteiger charge is -2.21. The second-order valence-corrected chi connectivity index (χ2v) is 3.63. The van der Waals surface area contributed by atoms with E-state index >= 15 is 0 Å². The van der Waals surface area contributed by atoms with E-state index in [-0.39, 0.29) is 12.1 Å². The van der Waals surface area contributed by atoms with Crippen LogP contribution in [0.2, 0.25) is 0 Å². The minimum atomic E-state index is -1.42. The molecule has 3 N–H and O–H groups in total. The summed E-state index contributed by atoms with van der Waals surface area (Å²) in [7, 11) is 0. The number of nitrogens with zero attached hydrogens (tertiary/aromatic N) is 1. The van der Waals surface area contributed by atoms with Crippen LogP contribution in [-0.2, 0) is 0 Å². The van der Waals surface area contributed by atoms with Crippen molar-refractivity contribution in [2.24, 2.45) is 0 Å². The van der Waals surface area contributed by atoms with E-state index < -0.39 is 37.0 Å². The number of aliphatic hydroxyl groups is 2. The Morgan fingerprint density at radius 2 is 2.06 bits per heavy atom. The maximum absolute atomic E-state index is 13.3. The summed E-state index contributed by atoms with van der Waals surface area (Å²) in [4.78, 5) is 11.5. The number of carbonyl (C=O) groups is 1. The minimum Gasteiger partial charge on any atom is -0.465 e. The molecule has 1 atom stereocenters. The van der Waals surface area contributed by atoms with Gasteiger partial charge in [0.25, 0.3) is 0 Å². The topological polar surface area (TPSA) is 81.0 Å². The van der Waals surface area contributed by atoms with Gasteiger partial charge in [-0.2, -0.15) is 0 Å². The van der Waals surface area contributed by atoms with Gasteiger partial charge in [0.2, 0.25) is 0 Å². The minimum absolute atomic E-state index is 0.194. The summed E-state index contributed by atoms with van der Waals surface area (Å²) in [6.45, 7) is -1.02. The van der Waals surface area contributed by atoms with Crippen LogP contribution in [0, 0.1) is 11.6 Å². The third kappa shape index (κ3) is 3.64. The molecule has 0 saturated carbocycles. The van der Waals surface area contributed by atoms with Crippen molar-refractivity contribution in [2.75, 3.05) is 19.7 Å². The third-order valence-electron chi connectivity index (χ3n) is 2.36. The van der Waals surface area contributed by atoms with Crippen LogP contribution in [0.5, 0.6) is 0 Å². The summed E-state index contributed by atoms with van der Waals surface area (Å²) in [5.74, 6) is -1.73. The van der Waals surface area contributed by atoms with Gasteiger partial charge in [-0.25, -0.2) is 13.6 Å². The molecule has 0 fully saturated rings. The molecule has 1 amide bonds. The van der Waals surface area contributed by atoms with Gasteiger partial charge in [0, 0.05) is 18.2 Å². The summed E-state index contributed by atoms with van der Waals surface area (Å²) in [6.07, 6.45) is -2.76. The highest BCUT2D eigenvalue weighted by Gasteiger charge is 2.20. The number of amides is 1. The van der Waals surface area contributed by atoms with Crippen LogP contribution in [0.15, 0.2) is 18.2 Å². The first kappa shape index (κ1) is 14.3. The molecule has 0 aliphatic heterocycles. The van der Waals surface area contributed by atoms with Crippen molar-refractivity contribution in [3.05, 3.63) is 35.4 Å². The van der Waals surface area contributed by atoms with Crippen LogP contribution >= 0.6 is 0 Å². The maximum Gasteiger partial charge on any atom is 0.407 e. The van der Waals surface area contributed by atoms with Crippen molar-refractivity contribution in [3.63, 3.8) is 0 Å². The number of rotatable bonds is 5. The lowest BCUT2D eigenvalue weighted by Crippen LogP contribution is -2.35. The van der Waals surface area contributed by atoms with Crippen LogP contribution in [0.4, 0.5) is 13.6 Å². The Morgan fingerprint density at radius 1 is 1.39 bits per heavy atom. The normalized spacial score (nSPS) is 12.2. The summed E-state index contributed by atoms with van der Waals surface area (Å²) in [6, 6.07) is 2.63. The largest absolute Gasteiger partial charge is 0.465 e. The molecule has 7 heteroatoms. The fraction of sp³-hybridized carbons (Fsp3) is 0.364. The molecule has 0 radical (unpaired) electrons. The van der Waals surface area contributed by atoms with Gasteiger partial charge in [0.15, 0.2) is 0 Å². The van der Waals surface area contributed by atoms with Gasteiger partial charge in [0.1, 0.15) is 11.6 Å². The molecule has 0 aliphatic rings. The zero-order valence-corrected chi connectivity index (χ0v) is 9.38.